The Labute approximate surface area is 315 Å². The third-order valence-electron chi connectivity index (χ3n) is 10.6. The zero-order chi connectivity index (χ0) is 35.8. The van der Waals surface area contributed by atoms with Gasteiger partial charge in [0, 0.05) is 33.4 Å². The third kappa shape index (κ3) is 5.62. The van der Waals surface area contributed by atoms with Crippen molar-refractivity contribution in [2.24, 2.45) is 0 Å². The minimum absolute atomic E-state index is 1.09. The molecule has 0 unspecified atom stereocenters. The van der Waals surface area contributed by atoms with Gasteiger partial charge in [0.05, 0.1) is 16.7 Å². The standard InChI is InChI=1S/C52H36N2/c1-4-14-37(15-5-1)40-26-29-45(30-27-40)53(46-31-33-49-48-22-12-13-23-50(48)54(52(49)36-46)44-20-8-3-9-21-44)51-35-42(38-16-6-2-7-17-38)28-32-47(51)43-25-24-39-18-10-11-19-41(39)34-43/h1-36H. The van der Waals surface area contributed by atoms with Crippen LogP contribution < -0.4 is 4.90 Å². The number of hydrogen-bond donors (Lipinski definition) is 0. The van der Waals surface area contributed by atoms with Crippen LogP contribution in [0.1, 0.15) is 0 Å². The van der Waals surface area contributed by atoms with E-state index in [1.807, 2.05) is 0 Å². The predicted molar refractivity (Wildman–Crippen MR) is 229 cm³/mol. The number of hydrogen-bond acceptors (Lipinski definition) is 1. The normalized spacial score (nSPS) is 11.3. The number of benzene rings is 9. The molecule has 0 spiro atoms. The molecular weight excluding hydrogens is 653 g/mol. The van der Waals surface area contributed by atoms with Gasteiger partial charge < -0.3 is 9.47 Å². The molecule has 1 aromatic heterocycles. The molecule has 9 aromatic carbocycles. The van der Waals surface area contributed by atoms with E-state index in [4.69, 9.17) is 0 Å². The minimum Gasteiger partial charge on any atom is -0.310 e. The molecule has 0 bridgehead atoms. The second-order valence-electron chi connectivity index (χ2n) is 13.8. The summed E-state index contributed by atoms with van der Waals surface area (Å²) >= 11 is 0. The summed E-state index contributed by atoms with van der Waals surface area (Å²) in [7, 11) is 0. The van der Waals surface area contributed by atoms with Gasteiger partial charge in [-0.05, 0) is 93.2 Å². The van der Waals surface area contributed by atoms with Crippen molar-refractivity contribution in [3.8, 4) is 39.1 Å². The lowest BCUT2D eigenvalue weighted by Crippen LogP contribution is -2.12. The summed E-state index contributed by atoms with van der Waals surface area (Å²) in [5.41, 5.74) is 13.9. The van der Waals surface area contributed by atoms with E-state index in [-0.39, 0.29) is 0 Å². The summed E-state index contributed by atoms with van der Waals surface area (Å²) < 4.78 is 2.40. The van der Waals surface area contributed by atoms with E-state index in [1.165, 1.54) is 54.9 Å². The zero-order valence-electron chi connectivity index (χ0n) is 29.7. The molecule has 0 saturated heterocycles. The van der Waals surface area contributed by atoms with Crippen molar-refractivity contribution in [3.05, 3.63) is 218 Å². The molecule has 10 rings (SSSR count). The minimum atomic E-state index is 1.09. The topological polar surface area (TPSA) is 8.17 Å². The van der Waals surface area contributed by atoms with E-state index in [1.54, 1.807) is 0 Å². The fourth-order valence-electron chi connectivity index (χ4n) is 7.94. The number of aromatic nitrogens is 1. The van der Waals surface area contributed by atoms with Gasteiger partial charge in [-0.2, -0.15) is 0 Å². The Morgan fingerprint density at radius 1 is 0.315 bits per heavy atom. The first kappa shape index (κ1) is 31.6. The molecular formula is C52H36N2. The number of fused-ring (bicyclic) bond motifs is 4. The maximum Gasteiger partial charge on any atom is 0.0561 e. The van der Waals surface area contributed by atoms with Crippen LogP contribution in [0.5, 0.6) is 0 Å². The van der Waals surface area contributed by atoms with Crippen LogP contribution in [-0.2, 0) is 0 Å². The van der Waals surface area contributed by atoms with Gasteiger partial charge in [0.1, 0.15) is 0 Å². The van der Waals surface area contributed by atoms with Gasteiger partial charge in [0.2, 0.25) is 0 Å². The highest BCUT2D eigenvalue weighted by molar-refractivity contribution is 6.10. The van der Waals surface area contributed by atoms with Crippen molar-refractivity contribution in [2.75, 3.05) is 4.90 Å². The highest BCUT2D eigenvalue weighted by atomic mass is 15.1. The molecule has 0 saturated carbocycles. The first-order chi connectivity index (χ1) is 26.8. The maximum atomic E-state index is 2.44. The monoisotopic (exact) mass is 688 g/mol. The van der Waals surface area contributed by atoms with Gasteiger partial charge >= 0.3 is 0 Å². The SMILES string of the molecule is c1ccc(-c2ccc(N(c3ccc4c5ccccc5n(-c5ccccc5)c4c3)c3cc(-c4ccccc4)ccc3-c3ccc4ccccc4c3)cc2)cc1. The fraction of sp³-hybridized carbons (Fsp3) is 0. The fourth-order valence-corrected chi connectivity index (χ4v) is 7.94. The highest BCUT2D eigenvalue weighted by Gasteiger charge is 2.21. The van der Waals surface area contributed by atoms with Crippen molar-refractivity contribution < 1.29 is 0 Å². The van der Waals surface area contributed by atoms with Gasteiger partial charge in [-0.1, -0.05) is 164 Å². The molecule has 2 heteroatoms. The largest absolute Gasteiger partial charge is 0.310 e. The molecule has 0 amide bonds. The zero-order valence-corrected chi connectivity index (χ0v) is 29.7. The van der Waals surface area contributed by atoms with Gasteiger partial charge in [0.15, 0.2) is 0 Å². The van der Waals surface area contributed by atoms with Crippen LogP contribution in [0.3, 0.4) is 0 Å². The molecule has 0 aliphatic heterocycles. The lowest BCUT2D eigenvalue weighted by molar-refractivity contribution is 1.18. The molecule has 0 aliphatic rings. The van der Waals surface area contributed by atoms with Gasteiger partial charge in [-0.15, -0.1) is 0 Å². The molecule has 254 valence electrons. The summed E-state index contributed by atoms with van der Waals surface area (Å²) in [5, 5.41) is 4.92. The Hall–Kier alpha value is -7.16. The quantitative estimate of drug-likeness (QED) is 0.162. The number of nitrogens with zero attached hydrogens (tertiary/aromatic N) is 2. The van der Waals surface area contributed by atoms with Crippen molar-refractivity contribution in [3.63, 3.8) is 0 Å². The third-order valence-corrected chi connectivity index (χ3v) is 10.6. The molecule has 0 N–H and O–H groups in total. The van der Waals surface area contributed by atoms with Crippen LogP contribution in [-0.4, -0.2) is 4.57 Å². The maximum absolute atomic E-state index is 2.44. The molecule has 0 atom stereocenters. The lowest BCUT2D eigenvalue weighted by atomic mass is 9.95. The van der Waals surface area contributed by atoms with E-state index < -0.39 is 0 Å². The van der Waals surface area contributed by atoms with Crippen molar-refractivity contribution in [2.45, 2.75) is 0 Å². The van der Waals surface area contributed by atoms with Crippen molar-refractivity contribution >= 4 is 49.6 Å². The highest BCUT2D eigenvalue weighted by Crippen LogP contribution is 2.45. The summed E-state index contributed by atoms with van der Waals surface area (Å²) in [6.45, 7) is 0. The Kier molecular flexibility index (Phi) is 7.85. The van der Waals surface area contributed by atoms with E-state index in [9.17, 15) is 0 Å². The molecule has 1 heterocycles. The van der Waals surface area contributed by atoms with Gasteiger partial charge in [0.25, 0.3) is 0 Å². The number of rotatable bonds is 7. The summed E-state index contributed by atoms with van der Waals surface area (Å²) in [6, 6.07) is 79.0. The predicted octanol–water partition coefficient (Wildman–Crippen LogP) is 14.4. The number of anilines is 3. The summed E-state index contributed by atoms with van der Waals surface area (Å²) in [4.78, 5) is 2.44. The van der Waals surface area contributed by atoms with Crippen LogP contribution in [0.4, 0.5) is 17.1 Å². The van der Waals surface area contributed by atoms with E-state index in [0.29, 0.717) is 0 Å². The summed E-state index contributed by atoms with van der Waals surface area (Å²) in [5.74, 6) is 0. The first-order valence-corrected chi connectivity index (χ1v) is 18.5. The average Bonchev–Trinajstić information content (AvgIpc) is 3.58. The Morgan fingerprint density at radius 2 is 0.870 bits per heavy atom. The molecule has 0 fully saturated rings. The molecule has 2 nitrogen and oxygen atoms in total. The molecule has 0 aliphatic carbocycles. The lowest BCUT2D eigenvalue weighted by Gasteiger charge is -2.29. The van der Waals surface area contributed by atoms with Crippen LogP contribution in [0, 0.1) is 0 Å². The van der Waals surface area contributed by atoms with E-state index >= 15 is 0 Å². The summed E-state index contributed by atoms with van der Waals surface area (Å²) in [6.07, 6.45) is 0. The molecule has 10 aromatic rings. The molecule has 54 heavy (non-hydrogen) atoms. The van der Waals surface area contributed by atoms with Crippen LogP contribution in [0.15, 0.2) is 218 Å². The van der Waals surface area contributed by atoms with E-state index in [0.717, 1.165) is 33.8 Å². The second kappa shape index (κ2) is 13.4. The Balaban J connectivity index is 1.25. The van der Waals surface area contributed by atoms with Crippen molar-refractivity contribution in [1.29, 1.82) is 0 Å². The van der Waals surface area contributed by atoms with Gasteiger partial charge in [-0.3, -0.25) is 0 Å². The van der Waals surface area contributed by atoms with Crippen LogP contribution in [0.2, 0.25) is 0 Å². The van der Waals surface area contributed by atoms with Crippen LogP contribution >= 0.6 is 0 Å². The Bertz CT molecular complexity index is 2910. The first-order valence-electron chi connectivity index (χ1n) is 18.5. The second-order valence-corrected chi connectivity index (χ2v) is 13.8. The van der Waals surface area contributed by atoms with Gasteiger partial charge in [-0.25, -0.2) is 0 Å². The van der Waals surface area contributed by atoms with Crippen LogP contribution in [0.25, 0.3) is 71.6 Å². The average molecular weight is 689 g/mol. The molecule has 0 radical (unpaired) electrons. The number of para-hydroxylation sites is 2. The Morgan fingerprint density at radius 3 is 1.63 bits per heavy atom. The van der Waals surface area contributed by atoms with Crippen molar-refractivity contribution in [1.82, 2.24) is 4.57 Å². The van der Waals surface area contributed by atoms with E-state index in [2.05, 4.69) is 228 Å². The smallest absolute Gasteiger partial charge is 0.0561 e.